The number of methoxy groups -OCH3 is 1. The Labute approximate surface area is 319 Å². The Balaban J connectivity index is 0.000000280. The lowest BCUT2D eigenvalue weighted by molar-refractivity contribution is 0.282. The van der Waals surface area contributed by atoms with Gasteiger partial charge in [-0.3, -0.25) is 0 Å². The lowest BCUT2D eigenvalue weighted by Gasteiger charge is -2.27. The molecule has 52 heavy (non-hydrogen) atoms. The Bertz CT molecular complexity index is 1780. The molecular formula is C50H72O2. The second-order valence-electron chi connectivity index (χ2n) is 17.2. The summed E-state index contributed by atoms with van der Waals surface area (Å²) in [5, 5.41) is 10.0. The number of hydrogen-bond donors (Lipinski definition) is 1. The van der Waals surface area contributed by atoms with Crippen LogP contribution in [-0.2, 0) is 6.61 Å². The number of benzene rings is 4. The zero-order valence-corrected chi connectivity index (χ0v) is 36.5. The third-order valence-corrected chi connectivity index (χ3v) is 11.7. The van der Waals surface area contributed by atoms with E-state index >= 15 is 0 Å². The fourth-order valence-corrected chi connectivity index (χ4v) is 7.81. The van der Waals surface area contributed by atoms with Crippen LogP contribution in [0.4, 0.5) is 0 Å². The molecule has 4 aromatic rings. The van der Waals surface area contributed by atoms with E-state index in [2.05, 4.69) is 149 Å². The van der Waals surface area contributed by atoms with Crippen LogP contribution in [0.15, 0.2) is 36.4 Å². The maximum absolute atomic E-state index is 10.0. The summed E-state index contributed by atoms with van der Waals surface area (Å²) in [5.41, 5.74) is 23.3. The van der Waals surface area contributed by atoms with Crippen LogP contribution >= 0.6 is 0 Å². The summed E-state index contributed by atoms with van der Waals surface area (Å²) in [6.45, 7) is 41.1. The van der Waals surface area contributed by atoms with E-state index in [0.717, 1.165) is 22.4 Å². The second kappa shape index (κ2) is 17.6. The van der Waals surface area contributed by atoms with Crippen molar-refractivity contribution in [3.05, 3.63) is 109 Å². The standard InChI is InChI=1S/C26H38.C24H34O2/c1-14(2)22-12-23(15(3)4)26(24(13-22)16(5)6)25-20(10)18(8)17(7)19(9)21(25)11;1-14(2)19-11-20(15(3)4)24(21(12-19)16(5)6)23-17(7)22(26-8)10-9-18(23)13-25/h12-16H,1-11H3;9-12,14-16,25H,13H2,1-8H3. The third kappa shape index (κ3) is 8.71. The Morgan fingerprint density at radius 3 is 1.04 bits per heavy atom. The quantitative estimate of drug-likeness (QED) is 0.178. The van der Waals surface area contributed by atoms with Gasteiger partial charge in [0.05, 0.1) is 13.7 Å². The Kier molecular flexibility index (Phi) is 14.6. The van der Waals surface area contributed by atoms with Crippen LogP contribution in [0, 0.1) is 41.5 Å². The maximum atomic E-state index is 10.0. The minimum absolute atomic E-state index is 0.0289. The predicted octanol–water partition coefficient (Wildman–Crippen LogP) is 14.8. The van der Waals surface area contributed by atoms with Gasteiger partial charge in [-0.2, -0.15) is 0 Å². The monoisotopic (exact) mass is 705 g/mol. The normalized spacial score (nSPS) is 11.8. The molecule has 2 heteroatoms. The summed E-state index contributed by atoms with van der Waals surface area (Å²) in [6, 6.07) is 13.6. The number of rotatable bonds is 10. The summed E-state index contributed by atoms with van der Waals surface area (Å²) < 4.78 is 5.59. The first-order valence-corrected chi connectivity index (χ1v) is 19.9. The molecule has 0 heterocycles. The highest BCUT2D eigenvalue weighted by atomic mass is 16.5. The van der Waals surface area contributed by atoms with Gasteiger partial charge < -0.3 is 9.84 Å². The summed E-state index contributed by atoms with van der Waals surface area (Å²) in [7, 11) is 1.71. The van der Waals surface area contributed by atoms with E-state index in [0.29, 0.717) is 35.5 Å². The van der Waals surface area contributed by atoms with E-state index in [1.54, 1.807) is 7.11 Å². The van der Waals surface area contributed by atoms with Crippen molar-refractivity contribution in [3.63, 3.8) is 0 Å². The van der Waals surface area contributed by atoms with E-state index in [1.807, 2.05) is 12.1 Å². The summed E-state index contributed by atoms with van der Waals surface area (Å²) in [5.74, 6) is 3.75. The van der Waals surface area contributed by atoms with Gasteiger partial charge in [0, 0.05) is 0 Å². The maximum Gasteiger partial charge on any atom is 0.122 e. The third-order valence-electron chi connectivity index (χ3n) is 11.7. The SMILES string of the molecule is COc1ccc(CO)c(-c2c(C(C)C)cc(C(C)C)cc2C(C)C)c1C.Cc1c(C)c(C)c(-c2c(C(C)C)cc(C(C)C)cc2C(C)C)c(C)c1C. The molecule has 284 valence electrons. The Morgan fingerprint density at radius 1 is 0.423 bits per heavy atom. The van der Waals surface area contributed by atoms with Crippen molar-refractivity contribution in [2.45, 2.75) is 167 Å². The first-order chi connectivity index (χ1) is 24.2. The minimum atomic E-state index is 0.0289. The summed E-state index contributed by atoms with van der Waals surface area (Å²) in [6.07, 6.45) is 0. The summed E-state index contributed by atoms with van der Waals surface area (Å²) in [4.78, 5) is 0. The lowest BCUT2D eigenvalue weighted by Crippen LogP contribution is -2.07. The number of hydrogen-bond acceptors (Lipinski definition) is 2. The number of aliphatic hydroxyl groups excluding tert-OH is 1. The highest BCUT2D eigenvalue weighted by molar-refractivity contribution is 5.82. The summed E-state index contributed by atoms with van der Waals surface area (Å²) >= 11 is 0. The molecule has 0 radical (unpaired) electrons. The van der Waals surface area contributed by atoms with Gasteiger partial charge in [0.1, 0.15) is 5.75 Å². The van der Waals surface area contributed by atoms with Crippen molar-refractivity contribution in [1.29, 1.82) is 0 Å². The van der Waals surface area contributed by atoms with Gasteiger partial charge in [0.15, 0.2) is 0 Å². The lowest BCUT2D eigenvalue weighted by atomic mass is 9.77. The topological polar surface area (TPSA) is 29.5 Å². The van der Waals surface area contributed by atoms with Gasteiger partial charge in [0.2, 0.25) is 0 Å². The van der Waals surface area contributed by atoms with E-state index in [4.69, 9.17) is 4.74 Å². The average molecular weight is 705 g/mol. The van der Waals surface area contributed by atoms with Gasteiger partial charge in [-0.25, -0.2) is 0 Å². The molecule has 0 aliphatic rings. The van der Waals surface area contributed by atoms with E-state index in [1.165, 1.54) is 77.9 Å². The Hall–Kier alpha value is -3.36. The van der Waals surface area contributed by atoms with Gasteiger partial charge in [0.25, 0.3) is 0 Å². The molecule has 0 aliphatic carbocycles. The molecule has 0 atom stereocenters. The van der Waals surface area contributed by atoms with Crippen LogP contribution in [0.25, 0.3) is 22.3 Å². The van der Waals surface area contributed by atoms with Gasteiger partial charge in [-0.1, -0.05) is 113 Å². The molecule has 2 nitrogen and oxygen atoms in total. The molecule has 0 fully saturated rings. The van der Waals surface area contributed by atoms with E-state index in [-0.39, 0.29) is 6.61 Å². The molecule has 0 bridgehead atoms. The molecule has 0 aliphatic heterocycles. The van der Waals surface area contributed by atoms with Crippen molar-refractivity contribution in [1.82, 2.24) is 0 Å². The molecule has 0 spiro atoms. The highest BCUT2D eigenvalue weighted by Gasteiger charge is 2.25. The van der Waals surface area contributed by atoms with Crippen LogP contribution in [0.5, 0.6) is 5.75 Å². The van der Waals surface area contributed by atoms with Gasteiger partial charge in [-0.05, 0) is 178 Å². The van der Waals surface area contributed by atoms with Gasteiger partial charge in [-0.15, -0.1) is 0 Å². The van der Waals surface area contributed by atoms with Gasteiger partial charge >= 0.3 is 0 Å². The second-order valence-corrected chi connectivity index (χ2v) is 17.2. The fraction of sp³-hybridized carbons (Fsp3) is 0.520. The molecule has 4 rings (SSSR count). The van der Waals surface area contributed by atoms with Crippen molar-refractivity contribution < 1.29 is 9.84 Å². The first-order valence-electron chi connectivity index (χ1n) is 19.9. The number of ether oxygens (including phenoxy) is 1. The number of aliphatic hydroxyl groups is 1. The predicted molar refractivity (Wildman–Crippen MR) is 229 cm³/mol. The molecule has 0 amide bonds. The highest BCUT2D eigenvalue weighted by Crippen LogP contribution is 2.45. The molecule has 4 aromatic carbocycles. The van der Waals surface area contributed by atoms with Crippen molar-refractivity contribution in [2.24, 2.45) is 0 Å². The van der Waals surface area contributed by atoms with Crippen LogP contribution in [-0.4, -0.2) is 12.2 Å². The van der Waals surface area contributed by atoms with Crippen LogP contribution < -0.4 is 4.74 Å². The average Bonchev–Trinajstić information content (AvgIpc) is 3.08. The molecular weight excluding hydrogens is 633 g/mol. The fourth-order valence-electron chi connectivity index (χ4n) is 7.81. The largest absolute Gasteiger partial charge is 0.496 e. The smallest absolute Gasteiger partial charge is 0.122 e. The Morgan fingerprint density at radius 2 is 0.750 bits per heavy atom. The molecule has 1 N–H and O–H groups in total. The van der Waals surface area contributed by atoms with E-state index in [9.17, 15) is 5.11 Å². The van der Waals surface area contributed by atoms with Crippen molar-refractivity contribution in [2.75, 3.05) is 7.11 Å². The van der Waals surface area contributed by atoms with Crippen molar-refractivity contribution in [3.8, 4) is 28.0 Å². The zero-order chi connectivity index (χ0) is 39.5. The zero-order valence-electron chi connectivity index (χ0n) is 36.5. The molecule has 0 saturated heterocycles. The molecule has 0 saturated carbocycles. The van der Waals surface area contributed by atoms with Crippen LogP contribution in [0.3, 0.4) is 0 Å². The first kappa shape index (κ1) is 43.0. The minimum Gasteiger partial charge on any atom is -0.496 e. The van der Waals surface area contributed by atoms with Crippen LogP contribution in [0.2, 0.25) is 0 Å². The van der Waals surface area contributed by atoms with Crippen LogP contribution in [0.1, 0.15) is 191 Å². The van der Waals surface area contributed by atoms with Crippen molar-refractivity contribution >= 4 is 0 Å². The molecule has 0 aromatic heterocycles. The molecule has 0 unspecified atom stereocenters. The van der Waals surface area contributed by atoms with E-state index < -0.39 is 0 Å².